The molecule has 2 aliphatic rings. The molecule has 5 rings (SSSR count). The number of likely N-dealkylation sites (tertiary alicyclic amines) is 1. The summed E-state index contributed by atoms with van der Waals surface area (Å²) in [7, 11) is 0. The van der Waals surface area contributed by atoms with Gasteiger partial charge in [-0.15, -0.1) is 0 Å². The van der Waals surface area contributed by atoms with Gasteiger partial charge in [0, 0.05) is 30.0 Å². The highest BCUT2D eigenvalue weighted by molar-refractivity contribution is 5.94. The predicted octanol–water partition coefficient (Wildman–Crippen LogP) is 6.29. The molecule has 1 saturated heterocycles. The summed E-state index contributed by atoms with van der Waals surface area (Å²) in [5.74, 6) is 0.903. The van der Waals surface area contributed by atoms with Crippen LogP contribution >= 0.6 is 0 Å². The van der Waals surface area contributed by atoms with Gasteiger partial charge in [0.15, 0.2) is 0 Å². The van der Waals surface area contributed by atoms with Crippen molar-refractivity contribution < 1.29 is 4.79 Å². The van der Waals surface area contributed by atoms with Crippen LogP contribution in [0.1, 0.15) is 60.6 Å². The molecule has 3 heteroatoms. The van der Waals surface area contributed by atoms with Gasteiger partial charge in [0.2, 0.25) is 0 Å². The van der Waals surface area contributed by atoms with Gasteiger partial charge < -0.3 is 9.47 Å². The Balaban J connectivity index is 1.49. The minimum atomic E-state index is 0.174. The molecule has 0 spiro atoms. The maximum Gasteiger partial charge on any atom is 0.253 e. The van der Waals surface area contributed by atoms with E-state index in [1.165, 1.54) is 41.8 Å². The fourth-order valence-corrected chi connectivity index (χ4v) is 5.14. The SMILES string of the molecule is CC1CCN(C(=O)c2ccc(-n3c(-c4ccccc4)cc4c3CCCCC4)cc2)CC1. The summed E-state index contributed by atoms with van der Waals surface area (Å²) < 4.78 is 2.44. The minimum absolute atomic E-state index is 0.174. The summed E-state index contributed by atoms with van der Waals surface area (Å²) in [4.78, 5) is 15.0. The fraction of sp³-hybridized carbons (Fsp3) is 0.393. The van der Waals surface area contributed by atoms with E-state index >= 15 is 0 Å². The average Bonchev–Trinajstić information content (AvgIpc) is 3.02. The van der Waals surface area contributed by atoms with Crippen LogP contribution in [0, 0.1) is 5.92 Å². The van der Waals surface area contributed by atoms with Crippen LogP contribution in [-0.4, -0.2) is 28.5 Å². The molecule has 0 N–H and O–H groups in total. The average molecular weight is 413 g/mol. The molecule has 1 aromatic heterocycles. The molecule has 0 radical (unpaired) electrons. The smallest absolute Gasteiger partial charge is 0.253 e. The van der Waals surface area contributed by atoms with E-state index in [4.69, 9.17) is 0 Å². The molecule has 0 unspecified atom stereocenters. The van der Waals surface area contributed by atoms with E-state index in [0.717, 1.165) is 55.9 Å². The van der Waals surface area contributed by atoms with Crippen LogP contribution in [0.3, 0.4) is 0 Å². The highest BCUT2D eigenvalue weighted by Gasteiger charge is 2.22. The Hall–Kier alpha value is -2.81. The summed E-state index contributed by atoms with van der Waals surface area (Å²) in [6.45, 7) is 4.04. The molecule has 1 amide bonds. The van der Waals surface area contributed by atoms with Crippen LogP contribution in [-0.2, 0) is 12.8 Å². The molecule has 0 bridgehead atoms. The second kappa shape index (κ2) is 8.74. The van der Waals surface area contributed by atoms with Crippen LogP contribution in [0.2, 0.25) is 0 Å². The number of aromatic nitrogens is 1. The van der Waals surface area contributed by atoms with Crippen molar-refractivity contribution in [2.75, 3.05) is 13.1 Å². The first-order valence-electron chi connectivity index (χ1n) is 11.9. The highest BCUT2D eigenvalue weighted by atomic mass is 16.2. The molecule has 2 aromatic carbocycles. The van der Waals surface area contributed by atoms with Gasteiger partial charge in [-0.2, -0.15) is 0 Å². The largest absolute Gasteiger partial charge is 0.339 e. The van der Waals surface area contributed by atoms with E-state index in [9.17, 15) is 4.79 Å². The van der Waals surface area contributed by atoms with Crippen molar-refractivity contribution >= 4 is 5.91 Å². The Morgan fingerprint density at radius 1 is 0.871 bits per heavy atom. The number of carbonyl (C=O) groups is 1. The topological polar surface area (TPSA) is 25.2 Å². The van der Waals surface area contributed by atoms with E-state index in [2.05, 4.69) is 60.0 Å². The second-order valence-corrected chi connectivity index (χ2v) is 9.29. The highest BCUT2D eigenvalue weighted by Crippen LogP contribution is 2.33. The number of piperidine rings is 1. The summed E-state index contributed by atoms with van der Waals surface area (Å²) >= 11 is 0. The first-order valence-corrected chi connectivity index (χ1v) is 11.9. The lowest BCUT2D eigenvalue weighted by Gasteiger charge is -2.30. The van der Waals surface area contributed by atoms with Crippen LogP contribution < -0.4 is 0 Å². The first kappa shape index (κ1) is 20.1. The Bertz CT molecular complexity index is 1040. The third-order valence-electron chi connectivity index (χ3n) is 7.06. The zero-order valence-electron chi connectivity index (χ0n) is 18.5. The standard InChI is InChI=1S/C28H32N2O/c1-21-16-18-29(19-17-21)28(31)23-12-14-25(15-13-23)30-26-11-7-3-6-10-24(26)20-27(30)22-8-4-2-5-9-22/h2,4-5,8-9,12-15,20-21H,3,6-7,10-11,16-19H2,1H3. The number of hydrogen-bond acceptors (Lipinski definition) is 1. The van der Waals surface area contributed by atoms with Gasteiger partial charge in [0.1, 0.15) is 0 Å². The molecule has 0 atom stereocenters. The van der Waals surface area contributed by atoms with Gasteiger partial charge in [-0.3, -0.25) is 4.79 Å². The van der Waals surface area contributed by atoms with E-state index in [1.807, 2.05) is 17.0 Å². The number of amides is 1. The molecule has 3 aromatic rings. The number of hydrogen-bond donors (Lipinski definition) is 0. The third-order valence-corrected chi connectivity index (χ3v) is 7.06. The number of rotatable bonds is 3. The number of nitrogens with zero attached hydrogens (tertiary/aromatic N) is 2. The Morgan fingerprint density at radius 2 is 1.58 bits per heavy atom. The monoisotopic (exact) mass is 412 g/mol. The van der Waals surface area contributed by atoms with Crippen LogP contribution in [0.4, 0.5) is 0 Å². The maximum atomic E-state index is 13.0. The van der Waals surface area contributed by atoms with Crippen LogP contribution in [0.5, 0.6) is 0 Å². The predicted molar refractivity (Wildman–Crippen MR) is 127 cm³/mol. The van der Waals surface area contributed by atoms with Gasteiger partial charge in [-0.1, -0.05) is 43.7 Å². The van der Waals surface area contributed by atoms with Crippen molar-refractivity contribution in [3.05, 3.63) is 77.5 Å². The van der Waals surface area contributed by atoms with Crippen molar-refractivity contribution in [1.29, 1.82) is 0 Å². The summed E-state index contributed by atoms with van der Waals surface area (Å²) in [5, 5.41) is 0. The number of fused-ring (bicyclic) bond motifs is 1. The number of aryl methyl sites for hydroxylation is 1. The normalized spacial score (nSPS) is 17.3. The van der Waals surface area contributed by atoms with Gasteiger partial charge in [0.25, 0.3) is 5.91 Å². The molecule has 31 heavy (non-hydrogen) atoms. The van der Waals surface area contributed by atoms with Crippen molar-refractivity contribution in [2.45, 2.75) is 51.9 Å². The molecule has 2 heterocycles. The lowest BCUT2D eigenvalue weighted by molar-refractivity contribution is 0.0697. The Morgan fingerprint density at radius 3 is 2.32 bits per heavy atom. The van der Waals surface area contributed by atoms with Crippen LogP contribution in [0.15, 0.2) is 60.7 Å². The first-order chi connectivity index (χ1) is 15.2. The summed E-state index contributed by atoms with van der Waals surface area (Å²) in [6.07, 6.45) is 8.32. The Kier molecular flexibility index (Phi) is 5.67. The van der Waals surface area contributed by atoms with Gasteiger partial charge >= 0.3 is 0 Å². The molecule has 1 fully saturated rings. The van der Waals surface area contributed by atoms with Gasteiger partial charge in [-0.25, -0.2) is 0 Å². The number of benzene rings is 2. The van der Waals surface area contributed by atoms with Crippen molar-refractivity contribution in [2.24, 2.45) is 5.92 Å². The summed E-state index contributed by atoms with van der Waals surface area (Å²) in [6, 6.07) is 21.4. The quantitative estimate of drug-likeness (QED) is 0.464. The zero-order chi connectivity index (χ0) is 21.2. The molecule has 160 valence electrons. The molecular weight excluding hydrogens is 380 g/mol. The fourth-order valence-electron chi connectivity index (χ4n) is 5.14. The second-order valence-electron chi connectivity index (χ2n) is 9.29. The van der Waals surface area contributed by atoms with Crippen molar-refractivity contribution in [3.8, 4) is 16.9 Å². The molecule has 1 aliphatic carbocycles. The lowest BCUT2D eigenvalue weighted by atomic mass is 9.98. The third kappa shape index (κ3) is 4.06. The Labute approximate surface area is 185 Å². The maximum absolute atomic E-state index is 13.0. The summed E-state index contributed by atoms with van der Waals surface area (Å²) in [5.41, 5.74) is 7.40. The molecular formula is C28H32N2O. The molecule has 3 nitrogen and oxygen atoms in total. The van der Waals surface area contributed by atoms with E-state index in [0.29, 0.717) is 0 Å². The van der Waals surface area contributed by atoms with E-state index in [1.54, 1.807) is 0 Å². The van der Waals surface area contributed by atoms with E-state index < -0.39 is 0 Å². The number of carbonyl (C=O) groups excluding carboxylic acids is 1. The van der Waals surface area contributed by atoms with Crippen molar-refractivity contribution in [1.82, 2.24) is 9.47 Å². The van der Waals surface area contributed by atoms with Crippen LogP contribution in [0.25, 0.3) is 16.9 Å². The molecule has 1 aliphatic heterocycles. The van der Waals surface area contributed by atoms with E-state index in [-0.39, 0.29) is 5.91 Å². The lowest BCUT2D eigenvalue weighted by Crippen LogP contribution is -2.37. The van der Waals surface area contributed by atoms with Gasteiger partial charge in [0.05, 0.1) is 5.69 Å². The minimum Gasteiger partial charge on any atom is -0.339 e. The van der Waals surface area contributed by atoms with Gasteiger partial charge in [-0.05, 0) is 85.9 Å². The molecule has 0 saturated carbocycles. The van der Waals surface area contributed by atoms with Crippen molar-refractivity contribution in [3.63, 3.8) is 0 Å². The zero-order valence-corrected chi connectivity index (χ0v) is 18.5.